The second kappa shape index (κ2) is 9.91. The van der Waals surface area contributed by atoms with Crippen LogP contribution in [0.5, 0.6) is 0 Å². The molecule has 0 aliphatic carbocycles. The van der Waals surface area contributed by atoms with E-state index in [2.05, 4.69) is 26.8 Å². The second-order valence-corrected chi connectivity index (χ2v) is 9.73. The summed E-state index contributed by atoms with van der Waals surface area (Å²) in [5.41, 5.74) is 4.67. The topological polar surface area (TPSA) is 97.4 Å². The van der Waals surface area contributed by atoms with Gasteiger partial charge in [0.15, 0.2) is 5.49 Å². The van der Waals surface area contributed by atoms with Crippen LogP contribution < -0.4 is 16.7 Å². The van der Waals surface area contributed by atoms with Crippen LogP contribution in [0.4, 0.5) is 0 Å². The first kappa shape index (κ1) is 25.2. The number of H-pyrrole nitrogens is 1. The van der Waals surface area contributed by atoms with Gasteiger partial charge in [-0.05, 0) is 47.9 Å². The predicted molar refractivity (Wildman–Crippen MR) is 161 cm³/mol. The molecule has 1 N–H and O–H groups in total. The van der Waals surface area contributed by atoms with Gasteiger partial charge < -0.3 is 4.98 Å². The van der Waals surface area contributed by atoms with Crippen LogP contribution in [-0.4, -0.2) is 33.0 Å². The Morgan fingerprint density at radius 2 is 1.77 bits per heavy atom. The monoisotopic (exact) mass is 546 g/mol. The number of benzene rings is 3. The van der Waals surface area contributed by atoms with Crippen molar-refractivity contribution in [2.75, 3.05) is 7.05 Å². The number of nitrogens with one attached hydrogen (secondary N) is 1. The highest BCUT2D eigenvalue weighted by molar-refractivity contribution is 6.34. The molecule has 9 heteroatoms. The van der Waals surface area contributed by atoms with Crippen molar-refractivity contribution in [1.29, 1.82) is 0 Å². The summed E-state index contributed by atoms with van der Waals surface area (Å²) in [5, 5.41) is 6.56. The lowest BCUT2D eigenvalue weighted by Gasteiger charge is -2.15. The molecule has 0 bridgehead atoms. The van der Waals surface area contributed by atoms with Crippen molar-refractivity contribution in [3.63, 3.8) is 0 Å². The summed E-state index contributed by atoms with van der Waals surface area (Å²) in [7, 11) is 1.70. The van der Waals surface area contributed by atoms with E-state index in [0.29, 0.717) is 27.1 Å². The molecule has 0 aliphatic heterocycles. The molecule has 8 nitrogen and oxygen atoms in total. The van der Waals surface area contributed by atoms with Crippen molar-refractivity contribution in [2.24, 2.45) is 10.1 Å². The molecule has 0 saturated carbocycles. The number of hydrogen-bond donors (Lipinski definition) is 1. The first-order valence-electron chi connectivity index (χ1n) is 12.5. The highest BCUT2D eigenvalue weighted by atomic mass is 35.5. The lowest BCUT2D eigenvalue weighted by atomic mass is 9.94. The molecule has 0 radical (unpaired) electrons. The molecule has 0 atom stereocenters. The Labute approximate surface area is 233 Å². The summed E-state index contributed by atoms with van der Waals surface area (Å²) in [6, 6.07) is 20.5. The molecule has 0 amide bonds. The van der Waals surface area contributed by atoms with Gasteiger partial charge in [0.25, 0.3) is 5.56 Å². The molecule has 3 aromatic heterocycles. The van der Waals surface area contributed by atoms with Gasteiger partial charge in [-0.1, -0.05) is 54.1 Å². The van der Waals surface area contributed by atoms with Gasteiger partial charge in [-0.3, -0.25) is 14.8 Å². The van der Waals surface area contributed by atoms with Crippen molar-refractivity contribution in [2.45, 2.75) is 6.92 Å². The van der Waals surface area contributed by atoms with E-state index >= 15 is 0 Å². The number of pyridine rings is 2. The fraction of sp³-hybridized carbons (Fsp3) is 0.0645. The number of hydrogen-bond acceptors (Lipinski definition) is 5. The Kier molecular flexibility index (Phi) is 6.24. The van der Waals surface area contributed by atoms with E-state index in [1.54, 1.807) is 36.1 Å². The summed E-state index contributed by atoms with van der Waals surface area (Å²) >= 11 is 6.75. The molecule has 40 heavy (non-hydrogen) atoms. The number of aryl methyl sites for hydroxylation is 1. The minimum atomic E-state index is -0.556. The maximum Gasteiger partial charge on any atom is 0.333 e. The van der Waals surface area contributed by atoms with Crippen LogP contribution in [0, 0.1) is 6.92 Å². The number of fused-ring (bicyclic) bond motifs is 2. The quantitative estimate of drug-likeness (QED) is 0.303. The fourth-order valence-corrected chi connectivity index (χ4v) is 5.46. The zero-order valence-electron chi connectivity index (χ0n) is 21.7. The normalized spacial score (nSPS) is 11.8. The van der Waals surface area contributed by atoms with E-state index in [0.717, 1.165) is 43.2 Å². The third kappa shape index (κ3) is 4.06. The molecule has 3 aromatic carbocycles. The molecule has 0 spiro atoms. The van der Waals surface area contributed by atoms with Crippen molar-refractivity contribution in [1.82, 2.24) is 19.2 Å². The third-order valence-corrected chi connectivity index (χ3v) is 7.28. The predicted octanol–water partition coefficient (Wildman–Crippen LogP) is 5.32. The summed E-state index contributed by atoms with van der Waals surface area (Å²) in [5.74, 6) is 0. The lowest BCUT2D eigenvalue weighted by molar-refractivity contribution is 0.797. The van der Waals surface area contributed by atoms with Gasteiger partial charge in [-0.15, -0.1) is 0 Å². The first-order valence-corrected chi connectivity index (χ1v) is 12.8. The van der Waals surface area contributed by atoms with Gasteiger partial charge >= 0.3 is 5.69 Å². The van der Waals surface area contributed by atoms with E-state index in [1.165, 1.54) is 6.20 Å². The zero-order valence-corrected chi connectivity index (χ0v) is 22.5. The highest BCUT2D eigenvalue weighted by Crippen LogP contribution is 2.38. The van der Waals surface area contributed by atoms with E-state index in [1.807, 2.05) is 61.7 Å². The molecule has 6 aromatic rings. The van der Waals surface area contributed by atoms with Crippen LogP contribution in [-0.2, 0) is 0 Å². The van der Waals surface area contributed by atoms with Crippen LogP contribution in [0.3, 0.4) is 0 Å². The van der Waals surface area contributed by atoms with Gasteiger partial charge in [-0.2, -0.15) is 5.10 Å². The Hall–Kier alpha value is -5.08. The van der Waals surface area contributed by atoms with Crippen LogP contribution >= 0.6 is 11.6 Å². The van der Waals surface area contributed by atoms with Gasteiger partial charge in [0.2, 0.25) is 0 Å². The number of halogens is 1. The third-order valence-electron chi connectivity index (χ3n) is 6.97. The standard InChI is InChI=1S/C31H23ClN6O2/c1-18-13-21(17-37(34-3)29(18)33-2)23-9-6-10-25(32)28(23)19-11-12-24-26(14-19)36-31(40)38(30(24)39)27-16-35-15-20-7-4-5-8-22(20)27/h4-17H,3H2,1-2H3,(H,36,40). The molecule has 0 unspecified atom stereocenters. The summed E-state index contributed by atoms with van der Waals surface area (Å²) in [4.78, 5) is 38.4. The number of aromatic amines is 1. The second-order valence-electron chi connectivity index (χ2n) is 9.32. The van der Waals surface area contributed by atoms with Crippen molar-refractivity contribution >= 4 is 40.0 Å². The maximum atomic E-state index is 13.6. The Balaban J connectivity index is 1.56. The molecule has 3 heterocycles. The number of nitrogens with zero attached hydrogens (tertiary/aromatic N) is 5. The largest absolute Gasteiger partial charge is 0.333 e. The summed E-state index contributed by atoms with van der Waals surface area (Å²) < 4.78 is 2.75. The van der Waals surface area contributed by atoms with Crippen LogP contribution in [0.25, 0.3) is 49.6 Å². The average molecular weight is 547 g/mol. The van der Waals surface area contributed by atoms with Crippen LogP contribution in [0.2, 0.25) is 5.02 Å². The Morgan fingerprint density at radius 3 is 2.58 bits per heavy atom. The van der Waals surface area contributed by atoms with Crippen molar-refractivity contribution in [3.05, 3.63) is 122 Å². The minimum absolute atomic E-state index is 0.364. The van der Waals surface area contributed by atoms with Crippen molar-refractivity contribution < 1.29 is 0 Å². The Morgan fingerprint density at radius 1 is 0.950 bits per heavy atom. The molecule has 0 aliphatic rings. The zero-order chi connectivity index (χ0) is 28.0. The molecular formula is C31H23ClN6O2. The summed E-state index contributed by atoms with van der Waals surface area (Å²) in [6.45, 7) is 5.62. The van der Waals surface area contributed by atoms with E-state index < -0.39 is 11.2 Å². The van der Waals surface area contributed by atoms with E-state index in [-0.39, 0.29) is 0 Å². The smallest absolute Gasteiger partial charge is 0.306 e. The first-order chi connectivity index (χ1) is 19.4. The fourth-order valence-electron chi connectivity index (χ4n) is 5.17. The van der Waals surface area contributed by atoms with Gasteiger partial charge in [0.1, 0.15) is 0 Å². The Bertz CT molecular complexity index is 2170. The van der Waals surface area contributed by atoms with Crippen molar-refractivity contribution in [3.8, 4) is 27.9 Å². The van der Waals surface area contributed by atoms with E-state index in [9.17, 15) is 9.59 Å². The maximum absolute atomic E-state index is 13.6. The minimum Gasteiger partial charge on any atom is -0.306 e. The molecule has 0 fully saturated rings. The molecule has 6 rings (SSSR count). The van der Waals surface area contributed by atoms with E-state index in [4.69, 9.17) is 11.6 Å². The van der Waals surface area contributed by atoms with Gasteiger partial charge in [0.05, 0.1) is 22.8 Å². The SMILES string of the molecule is C=Nn1cc(-c2cccc(Cl)c2-c2ccc3c(=O)n(-c4cncc5ccccc45)c(=O)[nH]c3c2)cc(C)c1=NC. The van der Waals surface area contributed by atoms with Gasteiger partial charge in [-0.25, -0.2) is 14.0 Å². The molecular weight excluding hydrogens is 524 g/mol. The molecule has 196 valence electrons. The highest BCUT2D eigenvalue weighted by Gasteiger charge is 2.17. The number of aromatic nitrogens is 4. The average Bonchev–Trinajstić information content (AvgIpc) is 2.96. The summed E-state index contributed by atoms with van der Waals surface area (Å²) in [6.07, 6.45) is 5.07. The van der Waals surface area contributed by atoms with Crippen LogP contribution in [0.1, 0.15) is 5.56 Å². The molecule has 0 saturated heterocycles. The number of rotatable bonds is 4. The lowest BCUT2D eigenvalue weighted by Crippen LogP contribution is -2.33. The van der Waals surface area contributed by atoms with Crippen LogP contribution in [0.15, 0.2) is 105 Å². The van der Waals surface area contributed by atoms with Gasteiger partial charge in [0, 0.05) is 53.1 Å².